The Labute approximate surface area is 91.2 Å². The van der Waals surface area contributed by atoms with Gasteiger partial charge in [0.05, 0.1) is 0 Å². The van der Waals surface area contributed by atoms with Gasteiger partial charge < -0.3 is 10.8 Å². The van der Waals surface area contributed by atoms with Crippen LogP contribution in [0.2, 0.25) is 5.02 Å². The molecular weight excluding hydrogens is 216 g/mol. The quantitative estimate of drug-likeness (QED) is 0.586. The van der Waals surface area contributed by atoms with Crippen molar-refractivity contribution in [3.63, 3.8) is 0 Å². The molecule has 1 amide bonds. The molecule has 0 saturated carbocycles. The molecule has 0 fully saturated rings. The first-order chi connectivity index (χ1) is 7.04. The van der Waals surface area contributed by atoms with E-state index in [9.17, 15) is 9.90 Å². The zero-order valence-electron chi connectivity index (χ0n) is 7.57. The van der Waals surface area contributed by atoms with Crippen molar-refractivity contribution < 1.29 is 9.90 Å². The molecule has 76 valence electrons. The Kier molecular flexibility index (Phi) is 3.32. The van der Waals surface area contributed by atoms with Crippen LogP contribution in [0.15, 0.2) is 23.8 Å². The summed E-state index contributed by atoms with van der Waals surface area (Å²) in [7, 11) is 0. The van der Waals surface area contributed by atoms with Gasteiger partial charge in [0.15, 0.2) is 0 Å². The summed E-state index contributed by atoms with van der Waals surface area (Å²) >= 11 is 5.68. The van der Waals surface area contributed by atoms with Gasteiger partial charge in [-0.25, -0.2) is 0 Å². The van der Waals surface area contributed by atoms with Gasteiger partial charge in [-0.2, -0.15) is 5.26 Å². The molecule has 0 aromatic heterocycles. The van der Waals surface area contributed by atoms with Gasteiger partial charge in [-0.15, -0.1) is 0 Å². The molecule has 0 spiro atoms. The third kappa shape index (κ3) is 2.73. The van der Waals surface area contributed by atoms with Gasteiger partial charge in [0.1, 0.15) is 17.4 Å². The number of amides is 1. The summed E-state index contributed by atoms with van der Waals surface area (Å²) in [5.41, 5.74) is 4.97. The molecule has 0 aliphatic rings. The number of benzene rings is 1. The summed E-state index contributed by atoms with van der Waals surface area (Å²) in [4.78, 5) is 10.7. The molecule has 0 aliphatic carbocycles. The van der Waals surface area contributed by atoms with Crippen molar-refractivity contribution in [2.24, 2.45) is 5.73 Å². The molecule has 1 aromatic carbocycles. The highest BCUT2D eigenvalue weighted by molar-refractivity contribution is 6.30. The first-order valence-corrected chi connectivity index (χ1v) is 4.32. The predicted molar refractivity (Wildman–Crippen MR) is 55.9 cm³/mol. The molecule has 0 saturated heterocycles. The zero-order valence-corrected chi connectivity index (χ0v) is 8.32. The summed E-state index contributed by atoms with van der Waals surface area (Å²) in [6.45, 7) is 0. The lowest BCUT2D eigenvalue weighted by atomic mass is 10.1. The van der Waals surface area contributed by atoms with Gasteiger partial charge in [-0.3, -0.25) is 4.79 Å². The first kappa shape index (κ1) is 11.1. The molecule has 0 unspecified atom stereocenters. The highest BCUT2D eigenvalue weighted by atomic mass is 35.5. The van der Waals surface area contributed by atoms with Crippen LogP contribution in [-0.4, -0.2) is 11.0 Å². The van der Waals surface area contributed by atoms with E-state index in [0.717, 1.165) is 0 Å². The summed E-state index contributed by atoms with van der Waals surface area (Å²) < 4.78 is 0. The average Bonchev–Trinajstić information content (AvgIpc) is 2.18. The molecule has 1 aromatic rings. The molecule has 0 radical (unpaired) electrons. The lowest BCUT2D eigenvalue weighted by molar-refractivity contribution is -0.114. The monoisotopic (exact) mass is 222 g/mol. The number of aromatic hydroxyl groups is 1. The lowest BCUT2D eigenvalue weighted by Crippen LogP contribution is -2.12. The van der Waals surface area contributed by atoms with Gasteiger partial charge in [0.2, 0.25) is 0 Å². The number of hydrogen-bond donors (Lipinski definition) is 2. The molecule has 15 heavy (non-hydrogen) atoms. The van der Waals surface area contributed by atoms with Crippen LogP contribution < -0.4 is 5.73 Å². The number of hydrogen-bond acceptors (Lipinski definition) is 3. The Balaban J connectivity index is 3.23. The van der Waals surface area contributed by atoms with Crippen molar-refractivity contribution in [2.75, 3.05) is 0 Å². The highest BCUT2D eigenvalue weighted by Crippen LogP contribution is 2.23. The maximum Gasteiger partial charge on any atom is 0.259 e. The Bertz CT molecular complexity index is 475. The molecule has 0 aliphatic heterocycles. The van der Waals surface area contributed by atoms with E-state index in [2.05, 4.69) is 0 Å². The SMILES string of the molecule is N#C/C(=C\c1cc(Cl)ccc1O)C(N)=O. The fourth-order valence-corrected chi connectivity index (χ4v) is 1.14. The van der Waals surface area contributed by atoms with Crippen LogP contribution in [0.5, 0.6) is 5.75 Å². The van der Waals surface area contributed by atoms with Crippen LogP contribution in [0.25, 0.3) is 6.08 Å². The van der Waals surface area contributed by atoms with Gasteiger partial charge in [-0.1, -0.05) is 11.6 Å². The van der Waals surface area contributed by atoms with E-state index in [-0.39, 0.29) is 16.9 Å². The van der Waals surface area contributed by atoms with Gasteiger partial charge >= 0.3 is 0 Å². The summed E-state index contributed by atoms with van der Waals surface area (Å²) in [6, 6.07) is 5.91. The van der Waals surface area contributed by atoms with E-state index in [1.807, 2.05) is 0 Å². The number of phenols is 1. The Morgan fingerprint density at radius 2 is 2.27 bits per heavy atom. The highest BCUT2D eigenvalue weighted by Gasteiger charge is 2.06. The maximum absolute atomic E-state index is 10.7. The molecule has 1 rings (SSSR count). The van der Waals surface area contributed by atoms with Crippen LogP contribution in [0.4, 0.5) is 0 Å². The van der Waals surface area contributed by atoms with Crippen LogP contribution >= 0.6 is 11.6 Å². The van der Waals surface area contributed by atoms with Crippen LogP contribution in [0, 0.1) is 11.3 Å². The number of carbonyl (C=O) groups is 1. The molecule has 0 heterocycles. The van der Waals surface area contributed by atoms with Crippen molar-refractivity contribution in [2.45, 2.75) is 0 Å². The molecule has 3 N–H and O–H groups in total. The number of phenolic OH excluding ortho intramolecular Hbond substituents is 1. The third-order valence-electron chi connectivity index (χ3n) is 1.68. The average molecular weight is 223 g/mol. The largest absolute Gasteiger partial charge is 0.507 e. The summed E-state index contributed by atoms with van der Waals surface area (Å²) in [5.74, 6) is -0.926. The van der Waals surface area contributed by atoms with Gasteiger partial charge in [0.25, 0.3) is 5.91 Å². The van der Waals surface area contributed by atoms with Crippen molar-refractivity contribution in [1.29, 1.82) is 5.26 Å². The van der Waals surface area contributed by atoms with Crippen molar-refractivity contribution in [1.82, 2.24) is 0 Å². The normalized spacial score (nSPS) is 10.8. The standard InChI is InChI=1S/C10H7ClN2O2/c11-8-1-2-9(14)6(4-8)3-7(5-12)10(13)15/h1-4,14H,(H2,13,15)/b7-3+. The minimum Gasteiger partial charge on any atom is -0.507 e. The number of rotatable bonds is 2. The minimum atomic E-state index is -0.850. The van der Waals surface area contributed by atoms with Crippen molar-refractivity contribution in [3.8, 4) is 11.8 Å². The number of carbonyl (C=O) groups excluding carboxylic acids is 1. The van der Waals surface area contributed by atoms with E-state index in [1.54, 1.807) is 6.07 Å². The zero-order chi connectivity index (χ0) is 11.4. The summed E-state index contributed by atoms with van der Waals surface area (Å²) in [5, 5.41) is 18.4. The van der Waals surface area contributed by atoms with E-state index >= 15 is 0 Å². The predicted octanol–water partition coefficient (Wildman–Crippen LogP) is 1.44. The van der Waals surface area contributed by atoms with E-state index in [0.29, 0.717) is 5.02 Å². The molecule has 4 nitrogen and oxygen atoms in total. The minimum absolute atomic E-state index is 0.0756. The van der Waals surface area contributed by atoms with Crippen molar-refractivity contribution >= 4 is 23.6 Å². The second kappa shape index (κ2) is 4.49. The van der Waals surface area contributed by atoms with E-state index in [4.69, 9.17) is 22.6 Å². The number of nitriles is 1. The Hall–Kier alpha value is -1.99. The van der Waals surface area contributed by atoms with Crippen LogP contribution in [0.3, 0.4) is 0 Å². The number of nitrogens with two attached hydrogens (primary N) is 1. The second-order valence-electron chi connectivity index (χ2n) is 2.74. The molecule has 0 bridgehead atoms. The smallest absolute Gasteiger partial charge is 0.259 e. The summed E-state index contributed by atoms with van der Waals surface area (Å²) in [6.07, 6.45) is 1.18. The maximum atomic E-state index is 10.7. The molecule has 5 heteroatoms. The Morgan fingerprint density at radius 1 is 1.60 bits per heavy atom. The fraction of sp³-hybridized carbons (Fsp3) is 0. The van der Waals surface area contributed by atoms with Crippen LogP contribution in [0.1, 0.15) is 5.56 Å². The number of nitrogens with zero attached hydrogens (tertiary/aromatic N) is 1. The van der Waals surface area contributed by atoms with E-state index < -0.39 is 5.91 Å². The molecule has 0 atom stereocenters. The fourth-order valence-electron chi connectivity index (χ4n) is 0.955. The lowest BCUT2D eigenvalue weighted by Gasteiger charge is -1.99. The van der Waals surface area contributed by atoms with Crippen molar-refractivity contribution in [3.05, 3.63) is 34.4 Å². The Morgan fingerprint density at radius 3 is 2.80 bits per heavy atom. The second-order valence-corrected chi connectivity index (χ2v) is 3.17. The first-order valence-electron chi connectivity index (χ1n) is 3.94. The number of primary amides is 1. The van der Waals surface area contributed by atoms with E-state index in [1.165, 1.54) is 24.3 Å². The van der Waals surface area contributed by atoms with Gasteiger partial charge in [-0.05, 0) is 24.3 Å². The van der Waals surface area contributed by atoms with Crippen LogP contribution in [-0.2, 0) is 4.79 Å². The molecular formula is C10H7ClN2O2. The van der Waals surface area contributed by atoms with Gasteiger partial charge in [0, 0.05) is 10.6 Å². The third-order valence-corrected chi connectivity index (χ3v) is 1.91. The topological polar surface area (TPSA) is 87.1 Å². The number of halogens is 1.